The lowest BCUT2D eigenvalue weighted by Gasteiger charge is -2.07. The van der Waals surface area contributed by atoms with Gasteiger partial charge < -0.3 is 10.1 Å². The Morgan fingerprint density at radius 3 is 2.91 bits per heavy atom. The van der Waals surface area contributed by atoms with Crippen molar-refractivity contribution in [2.24, 2.45) is 0 Å². The Morgan fingerprint density at radius 1 is 1.36 bits per heavy atom. The number of aromatic amines is 1. The van der Waals surface area contributed by atoms with E-state index in [0.717, 1.165) is 17.1 Å². The number of halogens is 1. The molecule has 0 atom stereocenters. The number of pyridine rings is 1. The highest BCUT2D eigenvalue weighted by atomic mass is 19.1. The minimum absolute atomic E-state index is 0.0914. The van der Waals surface area contributed by atoms with Crippen LogP contribution in [0.2, 0.25) is 0 Å². The Labute approximate surface area is 125 Å². The number of rotatable bonds is 3. The molecule has 22 heavy (non-hydrogen) atoms. The van der Waals surface area contributed by atoms with E-state index in [1.54, 1.807) is 6.07 Å². The van der Waals surface area contributed by atoms with Gasteiger partial charge in [-0.25, -0.2) is 9.37 Å². The van der Waals surface area contributed by atoms with Crippen LogP contribution in [0.5, 0.6) is 5.75 Å². The fourth-order valence-corrected chi connectivity index (χ4v) is 2.10. The van der Waals surface area contributed by atoms with Crippen molar-refractivity contribution in [2.75, 3.05) is 12.4 Å². The summed E-state index contributed by atoms with van der Waals surface area (Å²) in [6.07, 6.45) is 1.50. The first kappa shape index (κ1) is 14.0. The van der Waals surface area contributed by atoms with Crippen LogP contribution in [0, 0.1) is 12.7 Å². The van der Waals surface area contributed by atoms with E-state index in [0.29, 0.717) is 11.3 Å². The Hall–Kier alpha value is -2.96. The predicted octanol–water partition coefficient (Wildman–Crippen LogP) is 2.67. The molecular weight excluding hydrogens is 287 g/mol. The highest BCUT2D eigenvalue weighted by molar-refractivity contribution is 6.05. The van der Waals surface area contributed by atoms with Crippen molar-refractivity contribution in [3.63, 3.8) is 0 Å². The average Bonchev–Trinajstić information content (AvgIpc) is 2.88. The van der Waals surface area contributed by atoms with Crippen molar-refractivity contribution in [3.8, 4) is 5.75 Å². The molecule has 0 saturated heterocycles. The van der Waals surface area contributed by atoms with E-state index in [4.69, 9.17) is 4.74 Å². The Bertz CT molecular complexity index is 860. The first-order valence-corrected chi connectivity index (χ1v) is 6.54. The maximum Gasteiger partial charge on any atom is 0.255 e. The highest BCUT2D eigenvalue weighted by Gasteiger charge is 2.11. The Balaban J connectivity index is 1.86. The molecule has 6 nitrogen and oxygen atoms in total. The molecule has 0 aliphatic carbocycles. The number of carbonyl (C=O) groups excluding carboxylic acids is 1. The molecular formula is C15H13FN4O2. The lowest BCUT2D eigenvalue weighted by Crippen LogP contribution is -2.12. The second-order valence-electron chi connectivity index (χ2n) is 4.75. The van der Waals surface area contributed by atoms with Gasteiger partial charge >= 0.3 is 0 Å². The molecule has 0 saturated carbocycles. The Kier molecular flexibility index (Phi) is 3.46. The second kappa shape index (κ2) is 5.44. The van der Waals surface area contributed by atoms with Gasteiger partial charge in [0.25, 0.3) is 5.91 Å². The second-order valence-corrected chi connectivity index (χ2v) is 4.75. The van der Waals surface area contributed by atoms with E-state index in [1.165, 1.54) is 25.4 Å². The maximum absolute atomic E-state index is 13.6. The van der Waals surface area contributed by atoms with E-state index in [9.17, 15) is 9.18 Å². The largest absolute Gasteiger partial charge is 0.494 e. The topological polar surface area (TPSA) is 79.9 Å². The van der Waals surface area contributed by atoms with Crippen LogP contribution in [0.1, 0.15) is 16.1 Å². The zero-order chi connectivity index (χ0) is 15.7. The third-order valence-corrected chi connectivity index (χ3v) is 3.27. The van der Waals surface area contributed by atoms with Crippen LogP contribution in [0.4, 0.5) is 10.1 Å². The number of carbonyl (C=O) groups is 1. The molecule has 0 unspecified atom stereocenters. The summed E-state index contributed by atoms with van der Waals surface area (Å²) in [5, 5.41) is 10.3. The van der Waals surface area contributed by atoms with Gasteiger partial charge in [0.2, 0.25) is 0 Å². The van der Waals surface area contributed by atoms with E-state index in [-0.39, 0.29) is 11.3 Å². The molecule has 0 bridgehead atoms. The summed E-state index contributed by atoms with van der Waals surface area (Å²) in [7, 11) is 1.37. The van der Waals surface area contributed by atoms with Crippen LogP contribution >= 0.6 is 0 Å². The van der Waals surface area contributed by atoms with E-state index < -0.39 is 11.7 Å². The van der Waals surface area contributed by atoms with Gasteiger partial charge in [0, 0.05) is 16.6 Å². The highest BCUT2D eigenvalue weighted by Crippen LogP contribution is 2.20. The van der Waals surface area contributed by atoms with Gasteiger partial charge in [-0.3, -0.25) is 9.89 Å². The summed E-state index contributed by atoms with van der Waals surface area (Å²) in [5.74, 6) is -0.924. The monoisotopic (exact) mass is 300 g/mol. The number of methoxy groups -OCH3 is 1. The zero-order valence-electron chi connectivity index (χ0n) is 12.0. The first-order valence-electron chi connectivity index (χ1n) is 6.54. The molecule has 0 aliphatic heterocycles. The summed E-state index contributed by atoms with van der Waals surface area (Å²) in [6.45, 7) is 1.86. The quantitative estimate of drug-likeness (QED) is 0.779. The van der Waals surface area contributed by atoms with Gasteiger partial charge in [-0.15, -0.1) is 0 Å². The van der Waals surface area contributed by atoms with E-state index in [2.05, 4.69) is 20.5 Å². The zero-order valence-corrected chi connectivity index (χ0v) is 12.0. The number of aryl methyl sites for hydroxylation is 1. The van der Waals surface area contributed by atoms with Gasteiger partial charge in [-0.05, 0) is 31.2 Å². The minimum Gasteiger partial charge on any atom is -0.494 e. The number of ether oxygens (including phenoxy) is 1. The molecule has 0 fully saturated rings. The number of benzene rings is 1. The third-order valence-electron chi connectivity index (χ3n) is 3.27. The minimum atomic E-state index is -0.589. The Morgan fingerprint density at radius 2 is 2.18 bits per heavy atom. The molecule has 1 aromatic carbocycles. The number of aromatic nitrogens is 3. The van der Waals surface area contributed by atoms with Gasteiger partial charge in [0.15, 0.2) is 17.2 Å². The third kappa shape index (κ3) is 2.48. The van der Waals surface area contributed by atoms with Crippen molar-refractivity contribution >= 4 is 22.6 Å². The molecule has 7 heteroatoms. The number of nitrogens with zero attached hydrogens (tertiary/aromatic N) is 2. The fraction of sp³-hybridized carbons (Fsp3) is 0.133. The van der Waals surface area contributed by atoms with E-state index >= 15 is 0 Å². The number of anilines is 1. The summed E-state index contributed by atoms with van der Waals surface area (Å²) >= 11 is 0. The van der Waals surface area contributed by atoms with Gasteiger partial charge in [0.05, 0.1) is 19.0 Å². The van der Waals surface area contributed by atoms with Gasteiger partial charge in [0.1, 0.15) is 0 Å². The van der Waals surface area contributed by atoms with Crippen LogP contribution in [-0.2, 0) is 0 Å². The molecule has 2 aromatic heterocycles. The average molecular weight is 300 g/mol. The van der Waals surface area contributed by atoms with E-state index in [1.807, 2.05) is 6.92 Å². The summed E-state index contributed by atoms with van der Waals surface area (Å²) in [5.41, 5.74) is 2.14. The molecule has 0 spiro atoms. The van der Waals surface area contributed by atoms with Crippen LogP contribution in [0.3, 0.4) is 0 Å². The molecule has 3 rings (SSSR count). The molecule has 3 aromatic rings. The SMILES string of the molecule is COc1ccc(C(=O)Nc2cnc3n[nH]c(C)c3c2)cc1F. The smallest absolute Gasteiger partial charge is 0.255 e. The van der Waals surface area contributed by atoms with Crippen molar-refractivity contribution in [2.45, 2.75) is 6.92 Å². The number of hydrogen-bond donors (Lipinski definition) is 2. The normalized spacial score (nSPS) is 10.7. The maximum atomic E-state index is 13.6. The molecule has 0 aliphatic rings. The standard InChI is InChI=1S/C15H13FN4O2/c1-8-11-6-10(7-17-14(11)20-19-8)18-15(21)9-3-4-13(22-2)12(16)5-9/h3-7H,1-2H3,(H,18,21)(H,17,19,20). The lowest BCUT2D eigenvalue weighted by molar-refractivity contribution is 0.102. The summed E-state index contributed by atoms with van der Waals surface area (Å²) in [6, 6.07) is 5.79. The van der Waals surface area contributed by atoms with Gasteiger partial charge in [-0.2, -0.15) is 5.10 Å². The van der Waals surface area contributed by atoms with Crippen LogP contribution in [0.15, 0.2) is 30.5 Å². The molecule has 0 radical (unpaired) electrons. The summed E-state index contributed by atoms with van der Waals surface area (Å²) in [4.78, 5) is 16.3. The van der Waals surface area contributed by atoms with Crippen molar-refractivity contribution in [1.82, 2.24) is 15.2 Å². The van der Waals surface area contributed by atoms with Gasteiger partial charge in [-0.1, -0.05) is 0 Å². The molecule has 1 amide bonds. The summed E-state index contributed by atoms with van der Waals surface area (Å²) < 4.78 is 18.5. The van der Waals surface area contributed by atoms with Crippen molar-refractivity contribution in [1.29, 1.82) is 0 Å². The number of hydrogen-bond acceptors (Lipinski definition) is 4. The molecule has 2 N–H and O–H groups in total. The van der Waals surface area contributed by atoms with Crippen LogP contribution < -0.4 is 10.1 Å². The number of amides is 1. The predicted molar refractivity (Wildman–Crippen MR) is 79.5 cm³/mol. The van der Waals surface area contributed by atoms with Crippen LogP contribution in [0.25, 0.3) is 11.0 Å². The van der Waals surface area contributed by atoms with Crippen LogP contribution in [-0.4, -0.2) is 28.2 Å². The number of fused-ring (bicyclic) bond motifs is 1. The first-order chi connectivity index (χ1) is 10.6. The number of nitrogens with one attached hydrogen (secondary N) is 2. The number of H-pyrrole nitrogens is 1. The molecule has 112 valence electrons. The fourth-order valence-electron chi connectivity index (χ4n) is 2.10. The van der Waals surface area contributed by atoms with Crippen molar-refractivity contribution in [3.05, 3.63) is 47.5 Å². The van der Waals surface area contributed by atoms with Crippen molar-refractivity contribution < 1.29 is 13.9 Å². The lowest BCUT2D eigenvalue weighted by atomic mass is 10.2. The molecule has 2 heterocycles.